The Hall–Kier alpha value is -1.08. The number of amides is 1. The highest BCUT2D eigenvalue weighted by Crippen LogP contribution is 2.32. The summed E-state index contributed by atoms with van der Waals surface area (Å²) in [4.78, 5) is 14.5. The van der Waals surface area contributed by atoms with Crippen LogP contribution in [0.15, 0.2) is 0 Å². The standard InChI is InChI=1S/C14H24N2O2/c1-4-6-14(11-15,7-5-2)13(17)16-8-9-18-10-12(16)3/h12H,4-10H2,1-3H3. The normalized spacial score (nSPS) is 20.6. The van der Waals surface area contributed by atoms with Crippen LogP contribution in [0.5, 0.6) is 0 Å². The van der Waals surface area contributed by atoms with Gasteiger partial charge in [-0.25, -0.2) is 0 Å². The molecule has 0 N–H and O–H groups in total. The van der Waals surface area contributed by atoms with E-state index < -0.39 is 5.41 Å². The van der Waals surface area contributed by atoms with Crippen molar-refractivity contribution < 1.29 is 9.53 Å². The molecule has 0 spiro atoms. The van der Waals surface area contributed by atoms with Crippen molar-refractivity contribution in [1.29, 1.82) is 5.26 Å². The maximum atomic E-state index is 12.7. The van der Waals surface area contributed by atoms with E-state index in [1.165, 1.54) is 0 Å². The molecule has 102 valence electrons. The number of nitriles is 1. The number of carbonyl (C=O) groups excluding carboxylic acids is 1. The van der Waals surface area contributed by atoms with E-state index in [-0.39, 0.29) is 11.9 Å². The number of nitrogens with zero attached hydrogens (tertiary/aromatic N) is 2. The third kappa shape index (κ3) is 3.02. The van der Waals surface area contributed by atoms with Crippen LogP contribution in [0.25, 0.3) is 0 Å². The smallest absolute Gasteiger partial charge is 0.243 e. The van der Waals surface area contributed by atoms with Crippen LogP contribution < -0.4 is 0 Å². The topological polar surface area (TPSA) is 53.3 Å². The van der Waals surface area contributed by atoms with E-state index in [4.69, 9.17) is 4.74 Å². The second-order valence-corrected chi connectivity index (χ2v) is 5.12. The van der Waals surface area contributed by atoms with Gasteiger partial charge in [0.05, 0.1) is 25.3 Å². The molecule has 1 fully saturated rings. The first kappa shape index (κ1) is 15.0. The number of hydrogen-bond donors (Lipinski definition) is 0. The van der Waals surface area contributed by atoms with Crippen molar-refractivity contribution >= 4 is 5.91 Å². The van der Waals surface area contributed by atoms with Crippen LogP contribution in [0.3, 0.4) is 0 Å². The quantitative estimate of drug-likeness (QED) is 0.754. The minimum atomic E-state index is -0.824. The molecule has 1 heterocycles. The third-order valence-corrected chi connectivity index (χ3v) is 3.61. The lowest BCUT2D eigenvalue weighted by atomic mass is 9.79. The summed E-state index contributed by atoms with van der Waals surface area (Å²) in [5, 5.41) is 9.50. The van der Waals surface area contributed by atoms with E-state index in [0.717, 1.165) is 12.8 Å². The molecule has 4 nitrogen and oxygen atoms in total. The van der Waals surface area contributed by atoms with E-state index in [1.807, 2.05) is 25.7 Å². The van der Waals surface area contributed by atoms with E-state index in [9.17, 15) is 10.1 Å². The highest BCUT2D eigenvalue weighted by atomic mass is 16.5. The van der Waals surface area contributed by atoms with Crippen molar-refractivity contribution in [2.45, 2.75) is 52.5 Å². The van der Waals surface area contributed by atoms with Crippen LogP contribution in [0, 0.1) is 16.7 Å². The van der Waals surface area contributed by atoms with Crippen LogP contribution in [0.4, 0.5) is 0 Å². The van der Waals surface area contributed by atoms with Crippen LogP contribution in [-0.2, 0) is 9.53 Å². The molecule has 0 aromatic rings. The van der Waals surface area contributed by atoms with Crippen LogP contribution in [0.1, 0.15) is 46.5 Å². The molecule has 1 aliphatic heterocycles. The molecule has 1 rings (SSSR count). The summed E-state index contributed by atoms with van der Waals surface area (Å²) in [6.07, 6.45) is 3.02. The van der Waals surface area contributed by atoms with Gasteiger partial charge in [-0.3, -0.25) is 4.79 Å². The lowest BCUT2D eigenvalue weighted by molar-refractivity contribution is -0.148. The maximum Gasteiger partial charge on any atom is 0.243 e. The number of hydrogen-bond acceptors (Lipinski definition) is 3. The highest BCUT2D eigenvalue weighted by Gasteiger charge is 2.41. The van der Waals surface area contributed by atoms with Gasteiger partial charge < -0.3 is 9.64 Å². The zero-order chi connectivity index (χ0) is 13.6. The molecule has 18 heavy (non-hydrogen) atoms. The number of morpholine rings is 1. The fraction of sp³-hybridized carbons (Fsp3) is 0.857. The van der Waals surface area contributed by atoms with Crippen molar-refractivity contribution in [2.24, 2.45) is 5.41 Å². The summed E-state index contributed by atoms with van der Waals surface area (Å²) in [7, 11) is 0. The largest absolute Gasteiger partial charge is 0.377 e. The molecule has 1 saturated heterocycles. The Morgan fingerprint density at radius 1 is 1.44 bits per heavy atom. The minimum absolute atomic E-state index is 0.00417. The maximum absolute atomic E-state index is 12.7. The average Bonchev–Trinajstić information content (AvgIpc) is 2.38. The van der Waals surface area contributed by atoms with E-state index >= 15 is 0 Å². The van der Waals surface area contributed by atoms with Crippen molar-refractivity contribution in [2.75, 3.05) is 19.8 Å². The Kier molecular flexibility index (Phi) is 5.61. The fourth-order valence-corrected chi connectivity index (χ4v) is 2.66. The Morgan fingerprint density at radius 3 is 2.50 bits per heavy atom. The van der Waals surface area contributed by atoms with Gasteiger partial charge >= 0.3 is 0 Å². The molecular formula is C14H24N2O2. The molecule has 0 radical (unpaired) electrons. The van der Waals surface area contributed by atoms with Crippen LogP contribution >= 0.6 is 0 Å². The highest BCUT2D eigenvalue weighted by molar-refractivity contribution is 5.85. The van der Waals surface area contributed by atoms with Gasteiger partial charge in [-0.2, -0.15) is 5.26 Å². The molecule has 0 bridgehead atoms. The van der Waals surface area contributed by atoms with Crippen LogP contribution in [0.2, 0.25) is 0 Å². The van der Waals surface area contributed by atoms with Gasteiger partial charge in [-0.1, -0.05) is 26.7 Å². The first-order chi connectivity index (χ1) is 8.61. The molecular weight excluding hydrogens is 228 g/mol. The lowest BCUT2D eigenvalue weighted by Gasteiger charge is -2.38. The summed E-state index contributed by atoms with van der Waals surface area (Å²) in [5.74, 6) is 0.00417. The van der Waals surface area contributed by atoms with Crippen LogP contribution in [-0.4, -0.2) is 36.6 Å². The van der Waals surface area contributed by atoms with Gasteiger partial charge in [-0.15, -0.1) is 0 Å². The van der Waals surface area contributed by atoms with E-state index in [2.05, 4.69) is 6.07 Å². The molecule has 0 aliphatic carbocycles. The van der Waals surface area contributed by atoms with Crippen molar-refractivity contribution in [3.63, 3.8) is 0 Å². The Bertz CT molecular complexity index is 316. The van der Waals surface area contributed by atoms with Gasteiger partial charge in [0.2, 0.25) is 5.91 Å². The van der Waals surface area contributed by atoms with E-state index in [0.29, 0.717) is 32.6 Å². The molecule has 4 heteroatoms. The molecule has 0 saturated carbocycles. The van der Waals surface area contributed by atoms with Crippen molar-refractivity contribution in [3.05, 3.63) is 0 Å². The number of ether oxygens (including phenoxy) is 1. The summed E-state index contributed by atoms with van der Waals surface area (Å²) in [6, 6.07) is 2.38. The van der Waals surface area contributed by atoms with Gasteiger partial charge in [0.15, 0.2) is 0 Å². The van der Waals surface area contributed by atoms with Gasteiger partial charge in [0.25, 0.3) is 0 Å². The first-order valence-corrected chi connectivity index (χ1v) is 6.91. The third-order valence-electron chi connectivity index (χ3n) is 3.61. The zero-order valence-corrected chi connectivity index (χ0v) is 11.7. The number of carbonyl (C=O) groups is 1. The molecule has 1 unspecified atom stereocenters. The molecule has 1 aliphatic rings. The summed E-state index contributed by atoms with van der Waals surface area (Å²) in [6.45, 7) is 7.80. The minimum Gasteiger partial charge on any atom is -0.377 e. The zero-order valence-electron chi connectivity index (χ0n) is 11.7. The Morgan fingerprint density at radius 2 is 2.06 bits per heavy atom. The summed E-state index contributed by atoms with van der Waals surface area (Å²) < 4.78 is 5.35. The fourth-order valence-electron chi connectivity index (χ4n) is 2.66. The predicted octanol–water partition coefficient (Wildman–Crippen LogP) is 2.34. The average molecular weight is 252 g/mol. The molecule has 1 atom stereocenters. The van der Waals surface area contributed by atoms with Gasteiger partial charge in [0.1, 0.15) is 5.41 Å². The molecule has 0 aromatic heterocycles. The summed E-state index contributed by atoms with van der Waals surface area (Å²) in [5.41, 5.74) is -0.824. The SMILES string of the molecule is CCCC(C#N)(CCC)C(=O)N1CCOCC1C. The van der Waals surface area contributed by atoms with Crippen molar-refractivity contribution in [1.82, 2.24) is 4.90 Å². The lowest BCUT2D eigenvalue weighted by Crippen LogP contribution is -2.52. The first-order valence-electron chi connectivity index (χ1n) is 6.91. The second-order valence-electron chi connectivity index (χ2n) is 5.12. The molecule has 1 amide bonds. The van der Waals surface area contributed by atoms with E-state index in [1.54, 1.807) is 0 Å². The Labute approximate surface area is 110 Å². The molecule has 0 aromatic carbocycles. The van der Waals surface area contributed by atoms with Gasteiger partial charge in [-0.05, 0) is 19.8 Å². The van der Waals surface area contributed by atoms with Gasteiger partial charge in [0, 0.05) is 6.54 Å². The second kappa shape index (κ2) is 6.75. The summed E-state index contributed by atoms with van der Waals surface area (Å²) >= 11 is 0. The monoisotopic (exact) mass is 252 g/mol. The predicted molar refractivity (Wildman–Crippen MR) is 69.9 cm³/mol. The number of rotatable bonds is 5. The van der Waals surface area contributed by atoms with Crippen molar-refractivity contribution in [3.8, 4) is 6.07 Å². The Balaban J connectivity index is 2.90.